The SMILES string of the molecule is COc1cc(Cl)c(C)cc1NC(=O)CCNc1ncccn1. The number of anilines is 2. The van der Waals surface area contributed by atoms with E-state index in [1.165, 1.54) is 7.11 Å². The Hall–Kier alpha value is -2.34. The third-order valence-corrected chi connectivity index (χ3v) is 3.36. The van der Waals surface area contributed by atoms with E-state index < -0.39 is 0 Å². The Morgan fingerprint density at radius 3 is 2.73 bits per heavy atom. The molecule has 0 aliphatic heterocycles. The maximum atomic E-state index is 12.0. The molecule has 1 heterocycles. The summed E-state index contributed by atoms with van der Waals surface area (Å²) in [5.41, 5.74) is 1.47. The number of ether oxygens (including phenoxy) is 1. The Morgan fingerprint density at radius 2 is 2.05 bits per heavy atom. The molecule has 0 unspecified atom stereocenters. The third-order valence-electron chi connectivity index (χ3n) is 2.96. The number of nitrogens with zero attached hydrogens (tertiary/aromatic N) is 2. The monoisotopic (exact) mass is 320 g/mol. The van der Waals surface area contributed by atoms with Gasteiger partial charge in [0.15, 0.2) is 0 Å². The van der Waals surface area contributed by atoms with Crippen molar-refractivity contribution in [3.8, 4) is 5.75 Å². The summed E-state index contributed by atoms with van der Waals surface area (Å²) in [7, 11) is 1.53. The number of rotatable bonds is 6. The van der Waals surface area contributed by atoms with Gasteiger partial charge in [-0.05, 0) is 24.6 Å². The van der Waals surface area contributed by atoms with Crippen LogP contribution in [0.25, 0.3) is 0 Å². The van der Waals surface area contributed by atoms with Crippen molar-refractivity contribution in [3.63, 3.8) is 0 Å². The molecule has 0 bridgehead atoms. The number of hydrogen-bond donors (Lipinski definition) is 2. The van der Waals surface area contributed by atoms with Gasteiger partial charge in [0.05, 0.1) is 12.8 Å². The predicted octanol–water partition coefficient (Wildman–Crippen LogP) is 2.89. The number of methoxy groups -OCH3 is 1. The van der Waals surface area contributed by atoms with Gasteiger partial charge in [0, 0.05) is 36.4 Å². The van der Waals surface area contributed by atoms with E-state index in [1.807, 2.05) is 6.92 Å². The predicted molar refractivity (Wildman–Crippen MR) is 86.5 cm³/mol. The second kappa shape index (κ2) is 7.61. The molecule has 2 N–H and O–H groups in total. The van der Waals surface area contributed by atoms with Gasteiger partial charge in [-0.25, -0.2) is 9.97 Å². The van der Waals surface area contributed by atoms with Gasteiger partial charge in [-0.15, -0.1) is 0 Å². The first-order valence-electron chi connectivity index (χ1n) is 6.75. The molecule has 1 aromatic carbocycles. The molecular formula is C15H17ClN4O2. The number of benzene rings is 1. The van der Waals surface area contributed by atoms with Crippen molar-refractivity contribution in [2.24, 2.45) is 0 Å². The van der Waals surface area contributed by atoms with Crippen LogP contribution in [0.15, 0.2) is 30.6 Å². The lowest BCUT2D eigenvalue weighted by atomic mass is 10.2. The van der Waals surface area contributed by atoms with E-state index in [1.54, 1.807) is 30.6 Å². The summed E-state index contributed by atoms with van der Waals surface area (Å²) in [6.45, 7) is 2.30. The van der Waals surface area contributed by atoms with E-state index in [0.717, 1.165) is 5.56 Å². The Bertz CT molecular complexity index is 649. The largest absolute Gasteiger partial charge is 0.495 e. The highest BCUT2D eigenvalue weighted by atomic mass is 35.5. The number of carbonyl (C=O) groups excluding carboxylic acids is 1. The topological polar surface area (TPSA) is 76.1 Å². The van der Waals surface area contributed by atoms with Crippen LogP contribution in [0.3, 0.4) is 0 Å². The molecule has 0 saturated carbocycles. The molecule has 6 nitrogen and oxygen atoms in total. The lowest BCUT2D eigenvalue weighted by Crippen LogP contribution is -2.17. The first kappa shape index (κ1) is 16.0. The molecule has 0 aliphatic carbocycles. The van der Waals surface area contributed by atoms with Gasteiger partial charge in [-0.2, -0.15) is 0 Å². The smallest absolute Gasteiger partial charge is 0.226 e. The van der Waals surface area contributed by atoms with Crippen LogP contribution in [0.1, 0.15) is 12.0 Å². The molecule has 0 radical (unpaired) electrons. The molecule has 116 valence electrons. The Kier molecular flexibility index (Phi) is 5.55. The zero-order valence-corrected chi connectivity index (χ0v) is 13.1. The van der Waals surface area contributed by atoms with Crippen LogP contribution >= 0.6 is 11.6 Å². The minimum absolute atomic E-state index is 0.136. The van der Waals surface area contributed by atoms with Crippen LogP contribution in [0.2, 0.25) is 5.02 Å². The molecule has 0 saturated heterocycles. The number of amides is 1. The highest BCUT2D eigenvalue weighted by Gasteiger charge is 2.10. The molecule has 0 fully saturated rings. The standard InChI is InChI=1S/C15H17ClN4O2/c1-10-8-12(13(22-2)9-11(10)16)20-14(21)4-7-19-15-17-5-3-6-18-15/h3,5-6,8-9H,4,7H2,1-2H3,(H,20,21)(H,17,18,19). The second-order valence-corrected chi connectivity index (χ2v) is 5.01. The van der Waals surface area contributed by atoms with Crippen LogP contribution < -0.4 is 15.4 Å². The summed E-state index contributed by atoms with van der Waals surface area (Å²) in [6.07, 6.45) is 3.55. The molecule has 0 atom stereocenters. The van der Waals surface area contributed by atoms with Crippen LogP contribution in [0.4, 0.5) is 11.6 Å². The maximum Gasteiger partial charge on any atom is 0.226 e. The Balaban J connectivity index is 1.90. The molecule has 0 spiro atoms. The highest BCUT2D eigenvalue weighted by Crippen LogP contribution is 2.30. The highest BCUT2D eigenvalue weighted by molar-refractivity contribution is 6.31. The summed E-state index contributed by atoms with van der Waals surface area (Å²) < 4.78 is 5.22. The molecule has 1 aromatic heterocycles. The molecule has 7 heteroatoms. The van der Waals surface area contributed by atoms with Crippen molar-refractivity contribution in [3.05, 3.63) is 41.2 Å². The molecule has 1 amide bonds. The van der Waals surface area contributed by atoms with Gasteiger partial charge >= 0.3 is 0 Å². The lowest BCUT2D eigenvalue weighted by Gasteiger charge is -2.12. The zero-order chi connectivity index (χ0) is 15.9. The van der Waals surface area contributed by atoms with Gasteiger partial charge < -0.3 is 15.4 Å². The number of hydrogen-bond acceptors (Lipinski definition) is 5. The Labute approximate surface area is 133 Å². The van der Waals surface area contributed by atoms with Crippen LogP contribution in [0.5, 0.6) is 5.75 Å². The van der Waals surface area contributed by atoms with Gasteiger partial charge in [-0.3, -0.25) is 4.79 Å². The first-order chi connectivity index (χ1) is 10.6. The third kappa shape index (κ3) is 4.33. The van der Waals surface area contributed by atoms with Crippen molar-refractivity contribution < 1.29 is 9.53 Å². The van der Waals surface area contributed by atoms with E-state index in [4.69, 9.17) is 16.3 Å². The average Bonchev–Trinajstić information content (AvgIpc) is 2.51. The van der Waals surface area contributed by atoms with Crippen molar-refractivity contribution in [2.75, 3.05) is 24.3 Å². The number of halogens is 1. The van der Waals surface area contributed by atoms with Crippen LogP contribution in [-0.4, -0.2) is 29.5 Å². The maximum absolute atomic E-state index is 12.0. The summed E-state index contributed by atoms with van der Waals surface area (Å²) >= 11 is 6.04. The van der Waals surface area contributed by atoms with Crippen molar-refractivity contribution in [2.45, 2.75) is 13.3 Å². The number of nitrogens with one attached hydrogen (secondary N) is 2. The zero-order valence-electron chi connectivity index (χ0n) is 12.4. The fraction of sp³-hybridized carbons (Fsp3) is 0.267. The van der Waals surface area contributed by atoms with E-state index in [2.05, 4.69) is 20.6 Å². The van der Waals surface area contributed by atoms with Gasteiger partial charge in [0.2, 0.25) is 11.9 Å². The Morgan fingerprint density at radius 1 is 1.32 bits per heavy atom. The summed E-state index contributed by atoms with van der Waals surface area (Å²) in [5, 5.41) is 6.38. The average molecular weight is 321 g/mol. The normalized spacial score (nSPS) is 10.1. The van der Waals surface area contributed by atoms with Gasteiger partial charge in [0.1, 0.15) is 5.75 Å². The van der Waals surface area contributed by atoms with E-state index in [0.29, 0.717) is 29.0 Å². The summed E-state index contributed by atoms with van der Waals surface area (Å²) in [4.78, 5) is 20.0. The number of carbonyl (C=O) groups is 1. The minimum atomic E-state index is -0.136. The fourth-order valence-corrected chi connectivity index (χ4v) is 1.97. The summed E-state index contributed by atoms with van der Waals surface area (Å²) in [5.74, 6) is 0.891. The van der Waals surface area contributed by atoms with Crippen molar-refractivity contribution in [1.29, 1.82) is 0 Å². The van der Waals surface area contributed by atoms with E-state index >= 15 is 0 Å². The lowest BCUT2D eigenvalue weighted by molar-refractivity contribution is -0.116. The van der Waals surface area contributed by atoms with Crippen LogP contribution in [0, 0.1) is 6.92 Å². The number of aryl methyl sites for hydroxylation is 1. The number of aromatic nitrogens is 2. The van der Waals surface area contributed by atoms with Crippen molar-refractivity contribution in [1.82, 2.24) is 9.97 Å². The quantitative estimate of drug-likeness (QED) is 0.856. The first-order valence-corrected chi connectivity index (χ1v) is 7.13. The molecule has 0 aliphatic rings. The van der Waals surface area contributed by atoms with Gasteiger partial charge in [0.25, 0.3) is 0 Å². The fourth-order valence-electron chi connectivity index (χ4n) is 1.82. The summed E-state index contributed by atoms with van der Waals surface area (Å²) in [6, 6.07) is 5.20. The molecular weight excluding hydrogens is 304 g/mol. The van der Waals surface area contributed by atoms with Gasteiger partial charge in [-0.1, -0.05) is 11.6 Å². The van der Waals surface area contributed by atoms with E-state index in [-0.39, 0.29) is 12.3 Å². The minimum Gasteiger partial charge on any atom is -0.495 e. The second-order valence-electron chi connectivity index (χ2n) is 4.60. The molecule has 2 aromatic rings. The van der Waals surface area contributed by atoms with E-state index in [9.17, 15) is 4.79 Å². The molecule has 22 heavy (non-hydrogen) atoms. The molecule has 2 rings (SSSR count). The van der Waals surface area contributed by atoms with Crippen LogP contribution in [-0.2, 0) is 4.79 Å². The van der Waals surface area contributed by atoms with Crippen molar-refractivity contribution >= 4 is 29.1 Å².